The lowest BCUT2D eigenvalue weighted by Crippen LogP contribution is -2.22. The van der Waals surface area contributed by atoms with E-state index in [0.717, 1.165) is 25.1 Å². The van der Waals surface area contributed by atoms with Crippen LogP contribution < -0.4 is 5.32 Å². The molecule has 1 atom stereocenters. The van der Waals surface area contributed by atoms with E-state index in [9.17, 15) is 4.39 Å². The van der Waals surface area contributed by atoms with Gasteiger partial charge in [-0.2, -0.15) is 0 Å². The summed E-state index contributed by atoms with van der Waals surface area (Å²) in [5.74, 6) is 0.124. The number of hydrogen-bond donors (Lipinski definition) is 1. The highest BCUT2D eigenvalue weighted by Gasteiger charge is 2.13. The van der Waals surface area contributed by atoms with Crippen LogP contribution in [0.15, 0.2) is 36.0 Å². The van der Waals surface area contributed by atoms with Crippen molar-refractivity contribution in [3.05, 3.63) is 52.2 Å². The Labute approximate surface area is 111 Å². The van der Waals surface area contributed by atoms with E-state index in [1.54, 1.807) is 23.5 Å². The smallest absolute Gasteiger partial charge is 0.123 e. The van der Waals surface area contributed by atoms with Crippen molar-refractivity contribution >= 4 is 11.3 Å². The summed E-state index contributed by atoms with van der Waals surface area (Å²) in [5.41, 5.74) is 2.88. The maximum absolute atomic E-state index is 13.3. The average molecular weight is 264 g/mol. The molecule has 2 rings (SSSR count). The summed E-state index contributed by atoms with van der Waals surface area (Å²) in [4.78, 5) is 5.33. The number of nitrogens with zero attached hydrogens (tertiary/aromatic N) is 1. The summed E-state index contributed by atoms with van der Waals surface area (Å²) in [5, 5.41) is 3.34. The lowest BCUT2D eigenvalue weighted by Gasteiger charge is -2.17. The molecule has 0 amide bonds. The monoisotopic (exact) mass is 264 g/mol. The molecule has 96 valence electrons. The molecule has 1 N–H and O–H groups in total. The first kappa shape index (κ1) is 13.2. The fourth-order valence-electron chi connectivity index (χ4n) is 1.97. The van der Waals surface area contributed by atoms with E-state index in [4.69, 9.17) is 0 Å². The van der Waals surface area contributed by atoms with Crippen LogP contribution in [0.4, 0.5) is 4.39 Å². The number of nitrogens with one attached hydrogen (secondary N) is 1. The van der Waals surface area contributed by atoms with Crippen LogP contribution in [0.5, 0.6) is 0 Å². The zero-order valence-corrected chi connectivity index (χ0v) is 11.2. The average Bonchev–Trinajstić information content (AvgIpc) is 2.87. The molecule has 1 aromatic carbocycles. The van der Waals surface area contributed by atoms with E-state index in [-0.39, 0.29) is 5.82 Å². The second-order valence-corrected chi connectivity index (χ2v) is 5.20. The van der Waals surface area contributed by atoms with Crippen molar-refractivity contribution in [3.8, 4) is 0 Å². The predicted molar refractivity (Wildman–Crippen MR) is 73.5 cm³/mol. The SMILES string of the molecule is CCNCC(Cc1cncs1)c1cccc(F)c1. The molecule has 0 saturated carbocycles. The molecule has 1 aromatic heterocycles. The fourth-order valence-corrected chi connectivity index (χ4v) is 2.65. The highest BCUT2D eigenvalue weighted by atomic mass is 32.1. The van der Waals surface area contributed by atoms with Gasteiger partial charge in [0, 0.05) is 23.5 Å². The van der Waals surface area contributed by atoms with E-state index < -0.39 is 0 Å². The van der Waals surface area contributed by atoms with Crippen molar-refractivity contribution in [2.45, 2.75) is 19.3 Å². The van der Waals surface area contributed by atoms with Crippen molar-refractivity contribution in [1.82, 2.24) is 10.3 Å². The lowest BCUT2D eigenvalue weighted by molar-refractivity contribution is 0.585. The lowest BCUT2D eigenvalue weighted by atomic mass is 9.95. The predicted octanol–water partition coefficient (Wildman–Crippen LogP) is 3.22. The molecule has 18 heavy (non-hydrogen) atoms. The van der Waals surface area contributed by atoms with Gasteiger partial charge in [0.05, 0.1) is 5.51 Å². The van der Waals surface area contributed by atoms with E-state index in [0.29, 0.717) is 5.92 Å². The van der Waals surface area contributed by atoms with Crippen molar-refractivity contribution in [1.29, 1.82) is 0 Å². The Morgan fingerprint density at radius 3 is 3.00 bits per heavy atom. The third kappa shape index (κ3) is 3.62. The summed E-state index contributed by atoms with van der Waals surface area (Å²) in [6.45, 7) is 3.86. The second-order valence-electron chi connectivity index (χ2n) is 4.23. The van der Waals surface area contributed by atoms with Crippen molar-refractivity contribution in [3.63, 3.8) is 0 Å². The molecule has 0 bridgehead atoms. The van der Waals surface area contributed by atoms with Gasteiger partial charge >= 0.3 is 0 Å². The molecule has 2 nitrogen and oxygen atoms in total. The highest BCUT2D eigenvalue weighted by molar-refractivity contribution is 7.09. The Morgan fingerprint density at radius 2 is 2.33 bits per heavy atom. The van der Waals surface area contributed by atoms with Gasteiger partial charge in [0.15, 0.2) is 0 Å². The molecule has 0 spiro atoms. The Morgan fingerprint density at radius 1 is 1.44 bits per heavy atom. The third-order valence-corrected chi connectivity index (χ3v) is 3.69. The number of likely N-dealkylation sites (N-methyl/N-ethyl adjacent to an activating group) is 1. The largest absolute Gasteiger partial charge is 0.316 e. The molecular weight excluding hydrogens is 247 g/mol. The van der Waals surface area contributed by atoms with Crippen LogP contribution >= 0.6 is 11.3 Å². The summed E-state index contributed by atoms with van der Waals surface area (Å²) in [7, 11) is 0. The zero-order chi connectivity index (χ0) is 12.8. The summed E-state index contributed by atoms with van der Waals surface area (Å²) in [6.07, 6.45) is 2.80. The molecule has 4 heteroatoms. The highest BCUT2D eigenvalue weighted by Crippen LogP contribution is 2.22. The third-order valence-electron chi connectivity index (χ3n) is 2.89. The molecule has 0 fully saturated rings. The van der Waals surface area contributed by atoms with Gasteiger partial charge in [-0.1, -0.05) is 19.1 Å². The van der Waals surface area contributed by atoms with Crippen LogP contribution in [0.2, 0.25) is 0 Å². The first-order valence-electron chi connectivity index (χ1n) is 6.13. The van der Waals surface area contributed by atoms with Gasteiger partial charge in [-0.3, -0.25) is 4.98 Å². The van der Waals surface area contributed by atoms with Gasteiger partial charge in [0.1, 0.15) is 5.82 Å². The van der Waals surface area contributed by atoms with Gasteiger partial charge in [0.2, 0.25) is 0 Å². The molecule has 0 aliphatic rings. The summed E-state index contributed by atoms with van der Waals surface area (Å²) in [6, 6.07) is 6.88. The van der Waals surface area contributed by atoms with Gasteiger partial charge in [-0.15, -0.1) is 11.3 Å². The maximum Gasteiger partial charge on any atom is 0.123 e. The van der Waals surface area contributed by atoms with Gasteiger partial charge in [-0.05, 0) is 30.7 Å². The van der Waals surface area contributed by atoms with Crippen LogP contribution in [-0.2, 0) is 6.42 Å². The molecular formula is C14H17FN2S. The Hall–Kier alpha value is -1.26. The van der Waals surface area contributed by atoms with Crippen LogP contribution in [0, 0.1) is 5.82 Å². The van der Waals surface area contributed by atoms with E-state index >= 15 is 0 Å². The molecule has 2 aromatic rings. The van der Waals surface area contributed by atoms with Crippen LogP contribution in [-0.4, -0.2) is 18.1 Å². The summed E-state index contributed by atoms with van der Waals surface area (Å²) >= 11 is 1.65. The van der Waals surface area contributed by atoms with Crippen molar-refractivity contribution in [2.24, 2.45) is 0 Å². The van der Waals surface area contributed by atoms with E-state index in [1.807, 2.05) is 17.8 Å². The Balaban J connectivity index is 2.13. The second kappa shape index (κ2) is 6.61. The summed E-state index contributed by atoms with van der Waals surface area (Å²) < 4.78 is 13.3. The topological polar surface area (TPSA) is 24.9 Å². The molecule has 0 saturated heterocycles. The number of aromatic nitrogens is 1. The quantitative estimate of drug-likeness (QED) is 0.866. The van der Waals surface area contributed by atoms with Crippen molar-refractivity contribution < 1.29 is 4.39 Å². The van der Waals surface area contributed by atoms with Gasteiger partial charge in [0.25, 0.3) is 0 Å². The van der Waals surface area contributed by atoms with Crippen LogP contribution in [0.3, 0.4) is 0 Å². The van der Waals surface area contributed by atoms with Crippen molar-refractivity contribution in [2.75, 3.05) is 13.1 Å². The first-order valence-corrected chi connectivity index (χ1v) is 7.01. The number of thiazole rings is 1. The van der Waals surface area contributed by atoms with Crippen LogP contribution in [0.25, 0.3) is 0 Å². The first-order chi connectivity index (χ1) is 8.79. The standard InChI is InChI=1S/C14H17FN2S/c1-2-16-8-12(7-14-9-17-10-18-14)11-4-3-5-13(15)6-11/h3-6,9-10,12,16H,2,7-8H2,1H3. The minimum absolute atomic E-state index is 0.168. The molecule has 0 radical (unpaired) electrons. The molecule has 1 unspecified atom stereocenters. The minimum atomic E-state index is -0.168. The maximum atomic E-state index is 13.3. The minimum Gasteiger partial charge on any atom is -0.316 e. The molecule has 0 aliphatic heterocycles. The zero-order valence-electron chi connectivity index (χ0n) is 10.4. The van der Waals surface area contributed by atoms with E-state index in [1.165, 1.54) is 10.9 Å². The molecule has 0 aliphatic carbocycles. The Kier molecular flexibility index (Phi) is 4.84. The number of rotatable bonds is 6. The van der Waals surface area contributed by atoms with Gasteiger partial charge in [-0.25, -0.2) is 4.39 Å². The van der Waals surface area contributed by atoms with Gasteiger partial charge < -0.3 is 5.32 Å². The van der Waals surface area contributed by atoms with Crippen LogP contribution in [0.1, 0.15) is 23.3 Å². The number of hydrogen-bond acceptors (Lipinski definition) is 3. The molecule has 1 heterocycles. The fraction of sp³-hybridized carbons (Fsp3) is 0.357. The Bertz CT molecular complexity index is 470. The number of halogens is 1. The van der Waals surface area contributed by atoms with E-state index in [2.05, 4.69) is 17.2 Å². The normalized spacial score (nSPS) is 12.6. The number of benzene rings is 1.